The highest BCUT2D eigenvalue weighted by Crippen LogP contribution is 2.15. The first-order valence-electron chi connectivity index (χ1n) is 3.98. The molecule has 0 saturated heterocycles. The lowest BCUT2D eigenvalue weighted by atomic mass is 10.2. The second-order valence-electron chi connectivity index (χ2n) is 2.40. The maximum absolute atomic E-state index is 5.40. The summed E-state index contributed by atoms with van der Waals surface area (Å²) in [4.78, 5) is 0. The first kappa shape index (κ1) is 8.67. The van der Waals surface area contributed by atoms with Gasteiger partial charge in [-0.05, 0) is 12.5 Å². The number of benzene rings is 1. The third-order valence-corrected chi connectivity index (χ3v) is 1.42. The van der Waals surface area contributed by atoms with Gasteiger partial charge in [0.1, 0.15) is 5.75 Å². The quantitative estimate of drug-likeness (QED) is 0.615. The molecule has 0 N–H and O–H groups in total. The number of hydrogen-bond acceptors (Lipinski definition) is 1. The van der Waals surface area contributed by atoms with Gasteiger partial charge in [-0.1, -0.05) is 25.0 Å². The van der Waals surface area contributed by atoms with Crippen molar-refractivity contribution in [2.45, 2.75) is 13.3 Å². The minimum absolute atomic E-state index is 0.700. The van der Waals surface area contributed by atoms with Crippen LogP contribution in [0.3, 0.4) is 0 Å². The Morgan fingerprint density at radius 1 is 1.67 bits per heavy atom. The summed E-state index contributed by atoms with van der Waals surface area (Å²) in [5.41, 5.74) is 0.700. The molecule has 12 heavy (non-hydrogen) atoms. The Bertz CT molecular complexity index is 283. The number of hydrogen-bond donors (Lipinski definition) is 0. The summed E-state index contributed by atoms with van der Waals surface area (Å²) in [6.45, 7) is 2.76. The van der Waals surface area contributed by atoms with Gasteiger partial charge in [-0.3, -0.25) is 0 Å². The molecule has 1 radical (unpaired) electrons. The van der Waals surface area contributed by atoms with Crippen LogP contribution in [0.15, 0.2) is 18.2 Å². The molecular formula is C11H11O. The van der Waals surface area contributed by atoms with Crippen molar-refractivity contribution in [3.63, 3.8) is 0 Å². The van der Waals surface area contributed by atoms with Gasteiger partial charge < -0.3 is 4.74 Å². The van der Waals surface area contributed by atoms with Crippen molar-refractivity contribution >= 4 is 0 Å². The van der Waals surface area contributed by atoms with Gasteiger partial charge >= 0.3 is 0 Å². The van der Waals surface area contributed by atoms with Crippen molar-refractivity contribution in [1.82, 2.24) is 0 Å². The molecule has 0 heterocycles. The summed E-state index contributed by atoms with van der Waals surface area (Å²) in [6, 6.07) is 8.45. The second-order valence-corrected chi connectivity index (χ2v) is 2.40. The van der Waals surface area contributed by atoms with Crippen LogP contribution in [0.1, 0.15) is 18.9 Å². The molecule has 0 bridgehead atoms. The Balaban J connectivity index is 2.77. The van der Waals surface area contributed by atoms with Crippen LogP contribution in [-0.2, 0) is 0 Å². The highest BCUT2D eigenvalue weighted by molar-refractivity contribution is 5.43. The van der Waals surface area contributed by atoms with Gasteiger partial charge in [0.15, 0.2) is 0 Å². The van der Waals surface area contributed by atoms with Crippen molar-refractivity contribution in [2.24, 2.45) is 0 Å². The van der Waals surface area contributed by atoms with Crippen LogP contribution in [0.5, 0.6) is 5.75 Å². The van der Waals surface area contributed by atoms with Gasteiger partial charge in [0.05, 0.1) is 12.2 Å². The van der Waals surface area contributed by atoms with Gasteiger partial charge in [0, 0.05) is 6.07 Å². The van der Waals surface area contributed by atoms with E-state index in [-0.39, 0.29) is 0 Å². The van der Waals surface area contributed by atoms with Crippen LogP contribution in [0.2, 0.25) is 0 Å². The molecule has 0 aliphatic carbocycles. The lowest BCUT2D eigenvalue weighted by Crippen LogP contribution is -1.96. The van der Waals surface area contributed by atoms with E-state index in [9.17, 15) is 0 Å². The Labute approximate surface area is 73.4 Å². The Hall–Kier alpha value is -1.42. The molecule has 1 rings (SSSR count). The average molecular weight is 159 g/mol. The molecule has 1 heteroatoms. The van der Waals surface area contributed by atoms with E-state index in [1.165, 1.54) is 0 Å². The number of rotatable bonds is 3. The summed E-state index contributed by atoms with van der Waals surface area (Å²) in [5, 5.41) is 0. The monoisotopic (exact) mass is 159 g/mol. The van der Waals surface area contributed by atoms with Crippen LogP contribution in [0.4, 0.5) is 0 Å². The molecule has 0 spiro atoms. The van der Waals surface area contributed by atoms with Crippen LogP contribution >= 0.6 is 0 Å². The van der Waals surface area contributed by atoms with Gasteiger partial charge in [-0.2, -0.15) is 0 Å². The Kier molecular flexibility index (Phi) is 3.22. The Morgan fingerprint density at radius 2 is 2.50 bits per heavy atom. The molecule has 61 valence electrons. The lowest BCUT2D eigenvalue weighted by molar-refractivity contribution is 0.316. The smallest absolute Gasteiger partial charge is 0.135 e. The Morgan fingerprint density at radius 3 is 3.17 bits per heavy atom. The third-order valence-electron chi connectivity index (χ3n) is 1.42. The van der Waals surface area contributed by atoms with Crippen molar-refractivity contribution < 1.29 is 4.74 Å². The average Bonchev–Trinajstić information content (AvgIpc) is 2.15. The van der Waals surface area contributed by atoms with E-state index < -0.39 is 0 Å². The second kappa shape index (κ2) is 4.46. The van der Waals surface area contributed by atoms with Crippen molar-refractivity contribution in [3.8, 4) is 18.1 Å². The van der Waals surface area contributed by atoms with Crippen molar-refractivity contribution in [1.29, 1.82) is 0 Å². The predicted octanol–water partition coefficient (Wildman–Crippen LogP) is 2.26. The first-order valence-corrected chi connectivity index (χ1v) is 3.98. The zero-order valence-corrected chi connectivity index (χ0v) is 7.13. The minimum Gasteiger partial charge on any atom is -0.492 e. The molecule has 1 nitrogen and oxygen atoms in total. The van der Waals surface area contributed by atoms with Crippen molar-refractivity contribution in [3.05, 3.63) is 29.8 Å². The molecular weight excluding hydrogens is 148 g/mol. The highest BCUT2D eigenvalue weighted by Gasteiger charge is 1.97. The number of ether oxygens (including phenoxy) is 1. The molecule has 0 aliphatic rings. The number of terminal acetylenes is 1. The van der Waals surface area contributed by atoms with Crippen LogP contribution in [-0.4, -0.2) is 6.61 Å². The molecule has 0 amide bonds. The maximum atomic E-state index is 5.40. The molecule has 0 saturated carbocycles. The summed E-state index contributed by atoms with van der Waals surface area (Å²) in [7, 11) is 0. The summed E-state index contributed by atoms with van der Waals surface area (Å²) >= 11 is 0. The SMILES string of the molecule is C#Cc1[c]cccc1OCCC. The summed E-state index contributed by atoms with van der Waals surface area (Å²) in [5.74, 6) is 3.28. The fraction of sp³-hybridized carbons (Fsp3) is 0.273. The fourth-order valence-corrected chi connectivity index (χ4v) is 0.867. The van der Waals surface area contributed by atoms with Gasteiger partial charge in [-0.15, -0.1) is 6.42 Å². The first-order chi connectivity index (χ1) is 5.88. The molecule has 1 aromatic rings. The fourth-order valence-electron chi connectivity index (χ4n) is 0.867. The van der Waals surface area contributed by atoms with Crippen LogP contribution in [0.25, 0.3) is 0 Å². The third kappa shape index (κ3) is 2.03. The largest absolute Gasteiger partial charge is 0.492 e. The zero-order chi connectivity index (χ0) is 8.81. The van der Waals surface area contributed by atoms with E-state index in [2.05, 4.69) is 18.9 Å². The topological polar surface area (TPSA) is 9.23 Å². The van der Waals surface area contributed by atoms with Gasteiger partial charge in [0.2, 0.25) is 0 Å². The normalized spacial score (nSPS) is 9.00. The summed E-state index contributed by atoms with van der Waals surface area (Å²) in [6.07, 6.45) is 6.25. The minimum atomic E-state index is 0.700. The van der Waals surface area contributed by atoms with E-state index in [4.69, 9.17) is 11.2 Å². The maximum Gasteiger partial charge on any atom is 0.135 e. The van der Waals surface area contributed by atoms with E-state index >= 15 is 0 Å². The van der Waals surface area contributed by atoms with E-state index in [0.717, 1.165) is 12.2 Å². The molecule has 0 aromatic heterocycles. The lowest BCUT2D eigenvalue weighted by Gasteiger charge is -2.05. The standard InChI is InChI=1S/C11H11O/c1-3-9-12-11-8-6-5-7-10(11)4-2/h2,5-6,8H,3,9H2,1H3. The molecule has 0 unspecified atom stereocenters. The van der Waals surface area contributed by atoms with E-state index in [1.807, 2.05) is 12.1 Å². The van der Waals surface area contributed by atoms with Gasteiger partial charge in [0.25, 0.3) is 0 Å². The molecule has 0 aliphatic heterocycles. The zero-order valence-electron chi connectivity index (χ0n) is 7.13. The van der Waals surface area contributed by atoms with Crippen molar-refractivity contribution in [2.75, 3.05) is 6.61 Å². The summed E-state index contributed by atoms with van der Waals surface area (Å²) < 4.78 is 5.40. The molecule has 1 aromatic carbocycles. The highest BCUT2D eigenvalue weighted by atomic mass is 16.5. The molecule has 0 fully saturated rings. The molecule has 0 atom stereocenters. The van der Waals surface area contributed by atoms with E-state index in [0.29, 0.717) is 12.2 Å². The van der Waals surface area contributed by atoms with Crippen LogP contribution < -0.4 is 4.74 Å². The van der Waals surface area contributed by atoms with E-state index in [1.54, 1.807) is 6.07 Å². The van der Waals surface area contributed by atoms with Gasteiger partial charge in [-0.25, -0.2) is 0 Å². The van der Waals surface area contributed by atoms with Crippen LogP contribution in [0, 0.1) is 18.4 Å². The predicted molar refractivity (Wildman–Crippen MR) is 49.0 cm³/mol.